The van der Waals surface area contributed by atoms with E-state index in [9.17, 15) is 4.79 Å². The summed E-state index contributed by atoms with van der Waals surface area (Å²) in [6, 6.07) is 10.6. The van der Waals surface area contributed by atoms with Crippen LogP contribution < -0.4 is 19.5 Å². The Kier molecular flexibility index (Phi) is 8.21. The third-order valence-corrected chi connectivity index (χ3v) is 3.22. The van der Waals surface area contributed by atoms with E-state index >= 15 is 0 Å². The van der Waals surface area contributed by atoms with Crippen LogP contribution in [0.15, 0.2) is 42.6 Å². The number of rotatable bonds is 11. The molecule has 0 fully saturated rings. The fourth-order valence-corrected chi connectivity index (χ4v) is 1.97. The Morgan fingerprint density at radius 3 is 2.31 bits per heavy atom. The summed E-state index contributed by atoms with van der Waals surface area (Å²) in [6.07, 6.45) is 2.48. The minimum atomic E-state index is -0.272. The summed E-state index contributed by atoms with van der Waals surface area (Å²) in [7, 11) is 1.60. The van der Waals surface area contributed by atoms with Gasteiger partial charge in [-0.2, -0.15) is 0 Å². The first-order valence-corrected chi connectivity index (χ1v) is 8.44. The minimum Gasteiger partial charge on any atom is -0.494 e. The molecule has 0 unspecified atom stereocenters. The number of nitrogens with one attached hydrogen (secondary N) is 1. The summed E-state index contributed by atoms with van der Waals surface area (Å²) in [5.74, 6) is 1.58. The lowest BCUT2D eigenvalue weighted by molar-refractivity contribution is -0.118. The van der Waals surface area contributed by atoms with Gasteiger partial charge < -0.3 is 24.3 Å². The summed E-state index contributed by atoms with van der Waals surface area (Å²) < 4.78 is 21.2. The van der Waals surface area contributed by atoms with Gasteiger partial charge in [0.25, 0.3) is 5.91 Å². The van der Waals surface area contributed by atoms with Gasteiger partial charge in [0, 0.05) is 13.2 Å². The molecule has 7 nitrogen and oxygen atoms in total. The highest BCUT2D eigenvalue weighted by Crippen LogP contribution is 2.18. The Morgan fingerprint density at radius 2 is 1.69 bits per heavy atom. The Labute approximate surface area is 153 Å². The van der Waals surface area contributed by atoms with Gasteiger partial charge in [0.2, 0.25) is 5.88 Å². The number of carbonyl (C=O) groups excluding carboxylic acids is 1. The van der Waals surface area contributed by atoms with Crippen LogP contribution in [0.1, 0.15) is 13.3 Å². The molecule has 2 rings (SSSR count). The molecular weight excluding hydrogens is 336 g/mol. The van der Waals surface area contributed by atoms with Crippen LogP contribution in [-0.2, 0) is 9.53 Å². The molecule has 0 aliphatic heterocycles. The molecular formula is C19H24N2O5. The van der Waals surface area contributed by atoms with E-state index in [4.69, 9.17) is 18.9 Å². The summed E-state index contributed by atoms with van der Waals surface area (Å²) in [5, 5.41) is 2.71. The average Bonchev–Trinajstić information content (AvgIpc) is 2.67. The lowest BCUT2D eigenvalue weighted by Crippen LogP contribution is -2.20. The van der Waals surface area contributed by atoms with Gasteiger partial charge in [-0.3, -0.25) is 4.79 Å². The lowest BCUT2D eigenvalue weighted by atomic mass is 10.3. The topological polar surface area (TPSA) is 78.9 Å². The van der Waals surface area contributed by atoms with Gasteiger partial charge >= 0.3 is 0 Å². The van der Waals surface area contributed by atoms with Crippen molar-refractivity contribution in [2.24, 2.45) is 0 Å². The van der Waals surface area contributed by atoms with Gasteiger partial charge in [-0.1, -0.05) is 6.92 Å². The summed E-state index contributed by atoms with van der Waals surface area (Å²) in [4.78, 5) is 16.1. The maximum absolute atomic E-state index is 12.0. The van der Waals surface area contributed by atoms with E-state index in [1.54, 1.807) is 31.4 Å². The van der Waals surface area contributed by atoms with E-state index in [1.165, 1.54) is 6.20 Å². The monoisotopic (exact) mass is 360 g/mol. The second kappa shape index (κ2) is 10.9. The fourth-order valence-electron chi connectivity index (χ4n) is 1.97. The number of amides is 1. The molecule has 140 valence electrons. The molecule has 2 aromatic rings. The number of anilines is 1. The zero-order chi connectivity index (χ0) is 18.6. The minimum absolute atomic E-state index is 0.0960. The van der Waals surface area contributed by atoms with Crippen molar-refractivity contribution in [3.05, 3.63) is 42.6 Å². The molecule has 1 amide bonds. The maximum Gasteiger partial charge on any atom is 0.262 e. The van der Waals surface area contributed by atoms with E-state index < -0.39 is 0 Å². The van der Waals surface area contributed by atoms with Crippen molar-refractivity contribution in [1.82, 2.24) is 4.98 Å². The van der Waals surface area contributed by atoms with Crippen molar-refractivity contribution < 1.29 is 23.7 Å². The smallest absolute Gasteiger partial charge is 0.262 e. The quantitative estimate of drug-likeness (QED) is 0.621. The number of nitrogens with zero attached hydrogens (tertiary/aromatic N) is 1. The molecule has 1 aromatic heterocycles. The highest BCUT2D eigenvalue weighted by atomic mass is 16.5. The second-order valence-corrected chi connectivity index (χ2v) is 5.38. The Morgan fingerprint density at radius 1 is 0.962 bits per heavy atom. The van der Waals surface area contributed by atoms with E-state index in [0.717, 1.165) is 12.2 Å². The van der Waals surface area contributed by atoms with Gasteiger partial charge in [0.05, 0.1) is 25.1 Å². The van der Waals surface area contributed by atoms with Crippen molar-refractivity contribution in [2.75, 3.05) is 38.9 Å². The van der Waals surface area contributed by atoms with Crippen LogP contribution in [0.2, 0.25) is 0 Å². The third kappa shape index (κ3) is 6.98. The largest absolute Gasteiger partial charge is 0.494 e. The van der Waals surface area contributed by atoms with Crippen molar-refractivity contribution in [3.8, 4) is 17.4 Å². The van der Waals surface area contributed by atoms with Gasteiger partial charge in [0.1, 0.15) is 18.1 Å². The zero-order valence-electron chi connectivity index (χ0n) is 15.1. The molecule has 1 N–H and O–H groups in total. The Bertz CT molecular complexity index is 659. The van der Waals surface area contributed by atoms with Crippen molar-refractivity contribution in [3.63, 3.8) is 0 Å². The van der Waals surface area contributed by atoms with Crippen LogP contribution in [0, 0.1) is 0 Å². The summed E-state index contributed by atoms with van der Waals surface area (Å²) in [6.45, 7) is 3.54. The lowest BCUT2D eigenvalue weighted by Gasteiger charge is -2.09. The highest BCUT2D eigenvalue weighted by molar-refractivity contribution is 5.91. The normalized spacial score (nSPS) is 10.2. The van der Waals surface area contributed by atoms with Crippen molar-refractivity contribution >= 4 is 11.6 Å². The van der Waals surface area contributed by atoms with Crippen molar-refractivity contribution in [1.29, 1.82) is 0 Å². The first-order valence-electron chi connectivity index (χ1n) is 8.44. The van der Waals surface area contributed by atoms with Crippen LogP contribution in [0.25, 0.3) is 0 Å². The molecule has 0 bridgehead atoms. The maximum atomic E-state index is 12.0. The van der Waals surface area contributed by atoms with Crippen molar-refractivity contribution in [2.45, 2.75) is 13.3 Å². The SMILES string of the molecule is CCCOc1ccc(OCC(=O)Nc2ccc(OCCOC)nc2)cc1. The van der Waals surface area contributed by atoms with E-state index in [2.05, 4.69) is 10.3 Å². The number of pyridine rings is 1. The second-order valence-electron chi connectivity index (χ2n) is 5.38. The standard InChI is InChI=1S/C19H24N2O5/c1-3-10-24-16-5-7-17(8-6-16)26-14-18(22)21-15-4-9-19(20-13-15)25-12-11-23-2/h4-9,13H,3,10-12,14H2,1-2H3,(H,21,22). The molecule has 0 spiro atoms. The molecule has 0 atom stereocenters. The number of carbonyl (C=O) groups is 1. The van der Waals surface area contributed by atoms with Crippen LogP contribution in [-0.4, -0.2) is 44.4 Å². The van der Waals surface area contributed by atoms with Gasteiger partial charge in [0.15, 0.2) is 6.61 Å². The molecule has 0 aliphatic carbocycles. The van der Waals surface area contributed by atoms with E-state index in [-0.39, 0.29) is 12.5 Å². The van der Waals surface area contributed by atoms with Gasteiger partial charge in [-0.05, 0) is 36.8 Å². The van der Waals surface area contributed by atoms with Gasteiger partial charge in [-0.25, -0.2) is 4.98 Å². The number of methoxy groups -OCH3 is 1. The van der Waals surface area contributed by atoms with E-state index in [0.29, 0.717) is 37.1 Å². The Balaban J connectivity index is 1.74. The number of ether oxygens (including phenoxy) is 4. The highest BCUT2D eigenvalue weighted by Gasteiger charge is 2.05. The molecule has 26 heavy (non-hydrogen) atoms. The van der Waals surface area contributed by atoms with Crippen LogP contribution >= 0.6 is 0 Å². The third-order valence-electron chi connectivity index (χ3n) is 3.22. The average molecular weight is 360 g/mol. The number of benzene rings is 1. The fraction of sp³-hybridized carbons (Fsp3) is 0.368. The molecule has 0 saturated carbocycles. The predicted molar refractivity (Wildman–Crippen MR) is 98.0 cm³/mol. The molecule has 7 heteroatoms. The zero-order valence-corrected chi connectivity index (χ0v) is 15.1. The van der Waals surface area contributed by atoms with Gasteiger partial charge in [-0.15, -0.1) is 0 Å². The molecule has 1 heterocycles. The predicted octanol–water partition coefficient (Wildman–Crippen LogP) is 2.91. The first-order chi connectivity index (χ1) is 12.7. The number of hydrogen-bond donors (Lipinski definition) is 1. The number of aromatic nitrogens is 1. The Hall–Kier alpha value is -2.80. The molecule has 0 aliphatic rings. The number of hydrogen-bond acceptors (Lipinski definition) is 6. The summed E-state index contributed by atoms with van der Waals surface area (Å²) >= 11 is 0. The van der Waals surface area contributed by atoms with Crippen LogP contribution in [0.3, 0.4) is 0 Å². The first kappa shape index (κ1) is 19.5. The van der Waals surface area contributed by atoms with Crippen LogP contribution in [0.4, 0.5) is 5.69 Å². The molecule has 0 saturated heterocycles. The summed E-state index contributed by atoms with van der Waals surface area (Å²) in [5.41, 5.74) is 0.570. The molecule has 1 aromatic carbocycles. The van der Waals surface area contributed by atoms with E-state index in [1.807, 2.05) is 19.1 Å². The van der Waals surface area contributed by atoms with Crippen LogP contribution in [0.5, 0.6) is 17.4 Å². The molecule has 0 radical (unpaired) electrons.